The molecule has 0 aliphatic carbocycles. The van der Waals surface area contributed by atoms with Crippen LogP contribution in [0.3, 0.4) is 0 Å². The van der Waals surface area contributed by atoms with Crippen LogP contribution in [0.25, 0.3) is 0 Å². The third kappa shape index (κ3) is 3.53. The van der Waals surface area contributed by atoms with E-state index in [0.717, 1.165) is 25.1 Å². The molecule has 0 fully saturated rings. The first kappa shape index (κ1) is 14.6. The van der Waals surface area contributed by atoms with Gasteiger partial charge in [0.05, 0.1) is 12.1 Å². The summed E-state index contributed by atoms with van der Waals surface area (Å²) in [6.07, 6.45) is 0.941. The SMILES string of the molecule is CCC(C)N(CC)CC(=O)c1cc(F)ccc1O. The predicted octanol–water partition coefficient (Wildman–Crippen LogP) is 2.83. The zero-order valence-corrected chi connectivity index (χ0v) is 11.1. The van der Waals surface area contributed by atoms with Gasteiger partial charge in [-0.3, -0.25) is 9.69 Å². The number of Topliss-reactive ketones (excluding diaryl/α,β-unsaturated/α-hetero) is 1. The molecule has 1 unspecified atom stereocenters. The second-order valence-corrected chi connectivity index (χ2v) is 4.41. The summed E-state index contributed by atoms with van der Waals surface area (Å²) in [5.74, 6) is -0.932. The largest absolute Gasteiger partial charge is 0.507 e. The lowest BCUT2D eigenvalue weighted by Gasteiger charge is -2.26. The van der Waals surface area contributed by atoms with Crippen molar-refractivity contribution in [2.24, 2.45) is 0 Å². The maximum absolute atomic E-state index is 13.1. The zero-order valence-electron chi connectivity index (χ0n) is 11.1. The molecule has 1 N–H and O–H groups in total. The number of likely N-dealkylation sites (N-methyl/N-ethyl adjacent to an activating group) is 1. The highest BCUT2D eigenvalue weighted by molar-refractivity contribution is 6.00. The Morgan fingerprint density at radius 3 is 2.67 bits per heavy atom. The van der Waals surface area contributed by atoms with Crippen LogP contribution in [0.5, 0.6) is 5.75 Å². The van der Waals surface area contributed by atoms with E-state index in [1.54, 1.807) is 0 Å². The van der Waals surface area contributed by atoms with E-state index in [-0.39, 0.29) is 29.7 Å². The molecule has 0 amide bonds. The average Bonchev–Trinajstić information content (AvgIpc) is 2.37. The van der Waals surface area contributed by atoms with Crippen molar-refractivity contribution < 1.29 is 14.3 Å². The molecule has 0 aliphatic rings. The van der Waals surface area contributed by atoms with Crippen molar-refractivity contribution in [1.82, 2.24) is 4.90 Å². The molecule has 1 atom stereocenters. The van der Waals surface area contributed by atoms with Crippen molar-refractivity contribution in [2.75, 3.05) is 13.1 Å². The first-order valence-electron chi connectivity index (χ1n) is 6.25. The number of carbonyl (C=O) groups is 1. The highest BCUT2D eigenvalue weighted by atomic mass is 19.1. The summed E-state index contributed by atoms with van der Waals surface area (Å²) < 4.78 is 13.1. The molecule has 0 heterocycles. The van der Waals surface area contributed by atoms with Crippen LogP contribution in [-0.2, 0) is 0 Å². The Morgan fingerprint density at radius 2 is 2.11 bits per heavy atom. The lowest BCUT2D eigenvalue weighted by atomic mass is 10.1. The summed E-state index contributed by atoms with van der Waals surface area (Å²) in [7, 11) is 0. The number of phenolic OH excluding ortho intramolecular Hbond substituents is 1. The van der Waals surface area contributed by atoms with Crippen LogP contribution in [0.4, 0.5) is 4.39 Å². The van der Waals surface area contributed by atoms with Crippen LogP contribution >= 0.6 is 0 Å². The molecule has 0 spiro atoms. The monoisotopic (exact) mass is 253 g/mol. The molecule has 0 saturated heterocycles. The molecule has 4 heteroatoms. The molecular formula is C14H20FNO2. The standard InChI is InChI=1S/C14H20FNO2/c1-4-10(3)16(5-2)9-14(18)12-8-11(15)6-7-13(12)17/h6-8,10,17H,4-5,9H2,1-3H3. The van der Waals surface area contributed by atoms with Crippen LogP contribution < -0.4 is 0 Å². The van der Waals surface area contributed by atoms with Crippen molar-refractivity contribution in [3.05, 3.63) is 29.6 Å². The third-order valence-electron chi connectivity index (χ3n) is 3.23. The maximum Gasteiger partial charge on any atom is 0.180 e. The van der Waals surface area contributed by atoms with Gasteiger partial charge in [0.15, 0.2) is 5.78 Å². The van der Waals surface area contributed by atoms with Crippen molar-refractivity contribution in [3.8, 4) is 5.75 Å². The van der Waals surface area contributed by atoms with Gasteiger partial charge in [-0.2, -0.15) is 0 Å². The summed E-state index contributed by atoms with van der Waals surface area (Å²) in [4.78, 5) is 14.0. The van der Waals surface area contributed by atoms with E-state index in [1.165, 1.54) is 6.07 Å². The van der Waals surface area contributed by atoms with Gasteiger partial charge < -0.3 is 5.11 Å². The van der Waals surface area contributed by atoms with E-state index < -0.39 is 5.82 Å². The Kier molecular flexibility index (Phi) is 5.28. The summed E-state index contributed by atoms with van der Waals surface area (Å²) in [6.45, 7) is 7.02. The molecule has 0 radical (unpaired) electrons. The fourth-order valence-corrected chi connectivity index (χ4v) is 1.84. The minimum Gasteiger partial charge on any atom is -0.507 e. The van der Waals surface area contributed by atoms with Crippen molar-refractivity contribution in [3.63, 3.8) is 0 Å². The van der Waals surface area contributed by atoms with Crippen molar-refractivity contribution in [1.29, 1.82) is 0 Å². The second kappa shape index (κ2) is 6.50. The minimum absolute atomic E-state index is 0.0525. The Hall–Kier alpha value is -1.42. The summed E-state index contributed by atoms with van der Waals surface area (Å²) >= 11 is 0. The molecule has 0 bridgehead atoms. The highest BCUT2D eigenvalue weighted by Crippen LogP contribution is 2.19. The van der Waals surface area contributed by atoms with Crippen LogP contribution in [0.15, 0.2) is 18.2 Å². The average molecular weight is 253 g/mol. The Bertz CT molecular complexity index is 420. The van der Waals surface area contributed by atoms with E-state index in [0.29, 0.717) is 0 Å². The number of nitrogens with zero attached hydrogens (tertiary/aromatic N) is 1. The maximum atomic E-state index is 13.1. The Balaban J connectivity index is 2.84. The summed E-state index contributed by atoms with van der Waals surface area (Å²) in [5.41, 5.74) is 0.0525. The fourth-order valence-electron chi connectivity index (χ4n) is 1.84. The van der Waals surface area contributed by atoms with E-state index in [2.05, 4.69) is 6.92 Å². The number of ketones is 1. The first-order chi connectivity index (χ1) is 8.49. The predicted molar refractivity (Wildman–Crippen MR) is 69.4 cm³/mol. The van der Waals surface area contributed by atoms with Gasteiger partial charge in [-0.25, -0.2) is 4.39 Å². The lowest BCUT2D eigenvalue weighted by Crippen LogP contribution is -2.36. The van der Waals surface area contributed by atoms with Gasteiger partial charge in [-0.05, 0) is 38.1 Å². The molecule has 1 aromatic carbocycles. The van der Waals surface area contributed by atoms with Gasteiger partial charge >= 0.3 is 0 Å². The van der Waals surface area contributed by atoms with Crippen molar-refractivity contribution in [2.45, 2.75) is 33.2 Å². The smallest absolute Gasteiger partial charge is 0.180 e. The van der Waals surface area contributed by atoms with E-state index in [1.807, 2.05) is 18.7 Å². The van der Waals surface area contributed by atoms with Gasteiger partial charge in [0, 0.05) is 6.04 Å². The van der Waals surface area contributed by atoms with Crippen LogP contribution in [0.1, 0.15) is 37.6 Å². The topological polar surface area (TPSA) is 40.5 Å². The number of benzene rings is 1. The fraction of sp³-hybridized carbons (Fsp3) is 0.500. The Morgan fingerprint density at radius 1 is 1.44 bits per heavy atom. The number of carbonyl (C=O) groups excluding carboxylic acids is 1. The molecule has 18 heavy (non-hydrogen) atoms. The van der Waals surface area contributed by atoms with Crippen LogP contribution in [0, 0.1) is 5.82 Å². The minimum atomic E-state index is -0.511. The molecule has 0 aromatic heterocycles. The van der Waals surface area contributed by atoms with Crippen LogP contribution in [0.2, 0.25) is 0 Å². The van der Waals surface area contributed by atoms with E-state index in [4.69, 9.17) is 0 Å². The van der Waals surface area contributed by atoms with Gasteiger partial charge in [-0.15, -0.1) is 0 Å². The highest BCUT2D eigenvalue weighted by Gasteiger charge is 2.18. The number of rotatable bonds is 6. The first-order valence-corrected chi connectivity index (χ1v) is 6.25. The molecule has 0 saturated carbocycles. The Labute approximate surface area is 107 Å². The summed E-state index contributed by atoms with van der Waals surface area (Å²) in [5, 5.41) is 9.58. The quantitative estimate of drug-likeness (QED) is 0.792. The molecule has 3 nitrogen and oxygen atoms in total. The number of halogens is 1. The van der Waals surface area contributed by atoms with Gasteiger partial charge in [0.1, 0.15) is 11.6 Å². The van der Waals surface area contributed by atoms with Gasteiger partial charge in [0.25, 0.3) is 0 Å². The van der Waals surface area contributed by atoms with E-state index >= 15 is 0 Å². The van der Waals surface area contributed by atoms with Crippen LogP contribution in [-0.4, -0.2) is 34.9 Å². The molecule has 1 aromatic rings. The summed E-state index contributed by atoms with van der Waals surface area (Å²) in [6, 6.07) is 3.72. The van der Waals surface area contributed by atoms with Gasteiger partial charge in [0.2, 0.25) is 0 Å². The second-order valence-electron chi connectivity index (χ2n) is 4.41. The van der Waals surface area contributed by atoms with E-state index in [9.17, 15) is 14.3 Å². The third-order valence-corrected chi connectivity index (χ3v) is 3.23. The molecule has 0 aliphatic heterocycles. The molecular weight excluding hydrogens is 233 g/mol. The normalized spacial score (nSPS) is 12.7. The number of phenols is 1. The number of hydrogen-bond donors (Lipinski definition) is 1. The number of hydrogen-bond acceptors (Lipinski definition) is 3. The molecule has 100 valence electrons. The van der Waals surface area contributed by atoms with Crippen molar-refractivity contribution >= 4 is 5.78 Å². The lowest BCUT2D eigenvalue weighted by molar-refractivity contribution is 0.0899. The zero-order chi connectivity index (χ0) is 13.7. The van der Waals surface area contributed by atoms with Gasteiger partial charge in [-0.1, -0.05) is 13.8 Å². The molecule has 1 rings (SSSR count). The number of aromatic hydroxyl groups is 1.